The SMILES string of the molecule is COc1ccc2nc(N(CC3CCCO3)C(=O)c3ccc(F)cc3)sc2c1. The number of ether oxygens (including phenoxy) is 2. The molecule has 3 aromatic rings. The van der Waals surface area contributed by atoms with Crippen molar-refractivity contribution in [1.29, 1.82) is 0 Å². The molecule has 0 saturated carbocycles. The van der Waals surface area contributed by atoms with Gasteiger partial charge >= 0.3 is 0 Å². The molecule has 1 amide bonds. The van der Waals surface area contributed by atoms with E-state index >= 15 is 0 Å². The summed E-state index contributed by atoms with van der Waals surface area (Å²) in [6.07, 6.45) is 1.88. The number of thiazole rings is 1. The van der Waals surface area contributed by atoms with E-state index in [9.17, 15) is 9.18 Å². The number of methoxy groups -OCH3 is 1. The quantitative estimate of drug-likeness (QED) is 0.657. The molecule has 1 atom stereocenters. The summed E-state index contributed by atoms with van der Waals surface area (Å²) in [7, 11) is 1.62. The van der Waals surface area contributed by atoms with Gasteiger partial charge in [-0.3, -0.25) is 9.69 Å². The molecule has 1 aliphatic heterocycles. The van der Waals surface area contributed by atoms with E-state index in [-0.39, 0.29) is 17.8 Å². The van der Waals surface area contributed by atoms with Crippen LogP contribution in [-0.2, 0) is 4.74 Å². The summed E-state index contributed by atoms with van der Waals surface area (Å²) in [5.74, 6) is 0.161. The Balaban J connectivity index is 1.70. The van der Waals surface area contributed by atoms with Crippen molar-refractivity contribution in [3.63, 3.8) is 0 Å². The third-order valence-electron chi connectivity index (χ3n) is 4.56. The third kappa shape index (κ3) is 3.79. The molecule has 1 unspecified atom stereocenters. The fourth-order valence-corrected chi connectivity index (χ4v) is 4.13. The first-order valence-corrected chi connectivity index (χ1v) is 9.59. The van der Waals surface area contributed by atoms with E-state index in [2.05, 4.69) is 4.98 Å². The molecular weight excluding hydrogens is 367 g/mol. The molecule has 0 N–H and O–H groups in total. The van der Waals surface area contributed by atoms with E-state index in [4.69, 9.17) is 9.47 Å². The number of carbonyl (C=O) groups is 1. The van der Waals surface area contributed by atoms with Gasteiger partial charge in [0.15, 0.2) is 5.13 Å². The molecule has 2 heterocycles. The van der Waals surface area contributed by atoms with E-state index in [0.717, 1.165) is 28.8 Å². The van der Waals surface area contributed by atoms with Crippen LogP contribution in [0.25, 0.3) is 10.2 Å². The molecule has 0 bridgehead atoms. The molecule has 1 saturated heterocycles. The van der Waals surface area contributed by atoms with Gasteiger partial charge in [0.25, 0.3) is 5.91 Å². The van der Waals surface area contributed by atoms with Gasteiger partial charge in [-0.05, 0) is 55.3 Å². The van der Waals surface area contributed by atoms with E-state index in [0.29, 0.717) is 23.8 Å². The van der Waals surface area contributed by atoms with Gasteiger partial charge in [0.2, 0.25) is 0 Å². The fraction of sp³-hybridized carbons (Fsp3) is 0.300. The molecule has 27 heavy (non-hydrogen) atoms. The van der Waals surface area contributed by atoms with Crippen LogP contribution in [0, 0.1) is 5.82 Å². The Morgan fingerprint density at radius 2 is 2.15 bits per heavy atom. The number of anilines is 1. The molecule has 140 valence electrons. The van der Waals surface area contributed by atoms with E-state index in [1.807, 2.05) is 18.2 Å². The third-order valence-corrected chi connectivity index (χ3v) is 5.60. The van der Waals surface area contributed by atoms with Gasteiger partial charge < -0.3 is 9.47 Å². The summed E-state index contributed by atoms with van der Waals surface area (Å²) in [5.41, 5.74) is 1.23. The lowest BCUT2D eigenvalue weighted by Crippen LogP contribution is -2.37. The highest BCUT2D eigenvalue weighted by Crippen LogP contribution is 2.33. The number of carbonyl (C=O) groups excluding carboxylic acids is 1. The van der Waals surface area contributed by atoms with E-state index in [1.165, 1.54) is 35.6 Å². The second-order valence-electron chi connectivity index (χ2n) is 6.39. The summed E-state index contributed by atoms with van der Waals surface area (Å²) >= 11 is 1.43. The fourth-order valence-electron chi connectivity index (χ4n) is 3.12. The van der Waals surface area contributed by atoms with Crippen molar-refractivity contribution in [3.8, 4) is 5.75 Å². The highest BCUT2D eigenvalue weighted by atomic mass is 32.1. The summed E-state index contributed by atoms with van der Waals surface area (Å²) < 4.78 is 25.2. The average Bonchev–Trinajstić information content (AvgIpc) is 3.34. The first kappa shape index (κ1) is 17.9. The molecule has 0 spiro atoms. The number of hydrogen-bond acceptors (Lipinski definition) is 5. The number of benzene rings is 2. The number of nitrogens with zero attached hydrogens (tertiary/aromatic N) is 2. The van der Waals surface area contributed by atoms with Gasteiger partial charge in [-0.25, -0.2) is 9.37 Å². The summed E-state index contributed by atoms with van der Waals surface area (Å²) in [5, 5.41) is 0.600. The Hall–Kier alpha value is -2.51. The minimum Gasteiger partial charge on any atom is -0.497 e. The number of fused-ring (bicyclic) bond motifs is 1. The maximum Gasteiger partial charge on any atom is 0.260 e. The van der Waals surface area contributed by atoms with Gasteiger partial charge in [0.05, 0.1) is 30.0 Å². The molecule has 1 aliphatic rings. The zero-order valence-corrected chi connectivity index (χ0v) is 15.7. The van der Waals surface area contributed by atoms with E-state index in [1.54, 1.807) is 12.0 Å². The van der Waals surface area contributed by atoms with Gasteiger partial charge in [-0.2, -0.15) is 0 Å². The smallest absolute Gasteiger partial charge is 0.260 e. The van der Waals surface area contributed by atoms with Gasteiger partial charge in [-0.1, -0.05) is 11.3 Å². The summed E-state index contributed by atoms with van der Waals surface area (Å²) in [6, 6.07) is 11.2. The first-order chi connectivity index (χ1) is 13.1. The second kappa shape index (κ2) is 7.62. The van der Waals surface area contributed by atoms with Crippen molar-refractivity contribution in [2.45, 2.75) is 18.9 Å². The summed E-state index contributed by atoms with van der Waals surface area (Å²) in [6.45, 7) is 1.13. The maximum absolute atomic E-state index is 13.2. The average molecular weight is 386 g/mol. The van der Waals surface area contributed by atoms with Crippen LogP contribution in [0.2, 0.25) is 0 Å². The Bertz CT molecular complexity index is 952. The Morgan fingerprint density at radius 1 is 1.33 bits per heavy atom. The number of hydrogen-bond donors (Lipinski definition) is 0. The molecule has 1 fully saturated rings. The van der Waals surface area contributed by atoms with Crippen molar-refractivity contribution < 1.29 is 18.7 Å². The Kier molecular flexibility index (Phi) is 5.05. The normalized spacial score (nSPS) is 16.6. The molecule has 7 heteroatoms. The number of amides is 1. The van der Waals surface area contributed by atoms with Crippen molar-refractivity contribution in [3.05, 3.63) is 53.8 Å². The van der Waals surface area contributed by atoms with Crippen molar-refractivity contribution in [1.82, 2.24) is 4.98 Å². The zero-order chi connectivity index (χ0) is 18.8. The molecule has 0 radical (unpaired) electrons. The first-order valence-electron chi connectivity index (χ1n) is 8.77. The molecule has 5 nitrogen and oxygen atoms in total. The minimum atomic E-state index is -0.371. The molecule has 2 aromatic carbocycles. The summed E-state index contributed by atoms with van der Waals surface area (Å²) in [4.78, 5) is 19.4. The van der Waals surface area contributed by atoms with Crippen LogP contribution < -0.4 is 9.64 Å². The minimum absolute atomic E-state index is 0.0176. The standard InChI is InChI=1S/C20H19FN2O3S/c1-25-15-8-9-17-18(11-15)27-20(22-17)23(12-16-3-2-10-26-16)19(24)13-4-6-14(21)7-5-13/h4-9,11,16H,2-3,10,12H2,1H3. The van der Waals surface area contributed by atoms with Crippen LogP contribution in [0.15, 0.2) is 42.5 Å². The molecule has 1 aromatic heterocycles. The number of rotatable bonds is 5. The van der Waals surface area contributed by atoms with Crippen LogP contribution in [-0.4, -0.2) is 37.3 Å². The Morgan fingerprint density at radius 3 is 2.85 bits per heavy atom. The maximum atomic E-state index is 13.2. The highest BCUT2D eigenvalue weighted by Gasteiger charge is 2.27. The molecule has 4 rings (SSSR count). The van der Waals surface area contributed by atoms with Crippen molar-refractivity contribution in [2.75, 3.05) is 25.2 Å². The monoisotopic (exact) mass is 386 g/mol. The van der Waals surface area contributed by atoms with Gasteiger partial charge in [-0.15, -0.1) is 0 Å². The van der Waals surface area contributed by atoms with Gasteiger partial charge in [0.1, 0.15) is 11.6 Å². The number of aromatic nitrogens is 1. The topological polar surface area (TPSA) is 51.7 Å². The Labute approximate surface area is 160 Å². The molecule has 0 aliphatic carbocycles. The van der Waals surface area contributed by atoms with Crippen LogP contribution in [0.3, 0.4) is 0 Å². The van der Waals surface area contributed by atoms with Crippen LogP contribution in [0.1, 0.15) is 23.2 Å². The van der Waals surface area contributed by atoms with Crippen LogP contribution >= 0.6 is 11.3 Å². The lowest BCUT2D eigenvalue weighted by atomic mass is 10.1. The van der Waals surface area contributed by atoms with Crippen LogP contribution in [0.4, 0.5) is 9.52 Å². The van der Waals surface area contributed by atoms with Crippen molar-refractivity contribution in [2.24, 2.45) is 0 Å². The van der Waals surface area contributed by atoms with Gasteiger partial charge in [0, 0.05) is 12.2 Å². The zero-order valence-electron chi connectivity index (χ0n) is 14.9. The highest BCUT2D eigenvalue weighted by molar-refractivity contribution is 7.22. The van der Waals surface area contributed by atoms with Crippen LogP contribution in [0.5, 0.6) is 5.75 Å². The lowest BCUT2D eigenvalue weighted by molar-refractivity contribution is 0.0917. The largest absolute Gasteiger partial charge is 0.497 e. The second-order valence-corrected chi connectivity index (χ2v) is 7.40. The van der Waals surface area contributed by atoms with Crippen molar-refractivity contribution >= 4 is 32.6 Å². The van der Waals surface area contributed by atoms with E-state index < -0.39 is 0 Å². The predicted octanol–water partition coefficient (Wildman–Crippen LogP) is 4.27. The lowest BCUT2D eigenvalue weighted by Gasteiger charge is -2.23. The molecular formula is C20H19FN2O3S. The predicted molar refractivity (Wildman–Crippen MR) is 103 cm³/mol. The number of halogens is 1.